The maximum Gasteiger partial charge on any atom is 0.224 e. The van der Waals surface area contributed by atoms with E-state index < -0.39 is 0 Å². The van der Waals surface area contributed by atoms with Crippen LogP contribution in [0.1, 0.15) is 5.56 Å². The zero-order valence-electron chi connectivity index (χ0n) is 12.3. The molecule has 1 saturated heterocycles. The van der Waals surface area contributed by atoms with Gasteiger partial charge in [-0.05, 0) is 25.7 Å². The van der Waals surface area contributed by atoms with Crippen LogP contribution in [0.5, 0.6) is 0 Å². The Bertz CT molecular complexity index is 463. The third kappa shape index (κ3) is 3.95. The number of nitrogen functional groups attached to an aromatic ring is 1. The minimum atomic E-state index is 0.0320. The Labute approximate surface area is 120 Å². The number of benzene rings is 1. The van der Waals surface area contributed by atoms with Crippen LogP contribution in [0, 0.1) is 0 Å². The molecule has 110 valence electrons. The van der Waals surface area contributed by atoms with E-state index in [1.807, 2.05) is 24.3 Å². The summed E-state index contributed by atoms with van der Waals surface area (Å²) < 4.78 is 0. The summed E-state index contributed by atoms with van der Waals surface area (Å²) in [6, 6.07) is 7.89. The molecule has 0 saturated carbocycles. The zero-order chi connectivity index (χ0) is 14.5. The van der Waals surface area contributed by atoms with Crippen LogP contribution >= 0.6 is 0 Å². The largest absolute Gasteiger partial charge is 0.398 e. The summed E-state index contributed by atoms with van der Waals surface area (Å²) >= 11 is 0. The van der Waals surface area contributed by atoms with Crippen molar-refractivity contribution >= 4 is 11.6 Å². The molecule has 1 aliphatic rings. The van der Waals surface area contributed by atoms with Crippen molar-refractivity contribution in [1.82, 2.24) is 15.1 Å². The van der Waals surface area contributed by atoms with Crippen molar-refractivity contribution in [2.75, 3.05) is 46.0 Å². The lowest BCUT2D eigenvalue weighted by molar-refractivity contribution is -0.120. The van der Waals surface area contributed by atoms with Crippen LogP contribution in [0.25, 0.3) is 0 Å². The molecule has 0 aliphatic carbocycles. The summed E-state index contributed by atoms with van der Waals surface area (Å²) in [5, 5.41) is 3.02. The number of hydrogen-bond acceptors (Lipinski definition) is 4. The van der Waals surface area contributed by atoms with Crippen molar-refractivity contribution in [1.29, 1.82) is 0 Å². The van der Waals surface area contributed by atoms with Crippen molar-refractivity contribution in [2.24, 2.45) is 0 Å². The lowest BCUT2D eigenvalue weighted by Gasteiger charge is -2.37. The Morgan fingerprint density at radius 1 is 1.35 bits per heavy atom. The maximum absolute atomic E-state index is 12.0. The van der Waals surface area contributed by atoms with Gasteiger partial charge in [-0.1, -0.05) is 18.2 Å². The average Bonchev–Trinajstić information content (AvgIpc) is 2.42. The van der Waals surface area contributed by atoms with Gasteiger partial charge in [-0.3, -0.25) is 9.69 Å². The Balaban J connectivity index is 1.82. The first-order valence-electron chi connectivity index (χ1n) is 7.05. The second-order valence-electron chi connectivity index (χ2n) is 5.58. The van der Waals surface area contributed by atoms with E-state index in [2.05, 4.69) is 29.2 Å². The minimum absolute atomic E-state index is 0.0320. The van der Waals surface area contributed by atoms with Crippen molar-refractivity contribution in [3.8, 4) is 0 Å². The summed E-state index contributed by atoms with van der Waals surface area (Å²) in [6.45, 7) is 3.81. The SMILES string of the molecule is CN1CCN(C)C(CNC(=O)Cc2ccccc2N)C1. The Morgan fingerprint density at radius 2 is 2.10 bits per heavy atom. The topological polar surface area (TPSA) is 61.6 Å². The summed E-state index contributed by atoms with van der Waals surface area (Å²) in [5.41, 5.74) is 7.42. The van der Waals surface area contributed by atoms with Crippen LogP contribution in [-0.2, 0) is 11.2 Å². The minimum Gasteiger partial charge on any atom is -0.398 e. The molecule has 0 spiro atoms. The maximum atomic E-state index is 12.0. The van der Waals surface area contributed by atoms with E-state index in [0.717, 1.165) is 25.2 Å². The summed E-state index contributed by atoms with van der Waals surface area (Å²) in [4.78, 5) is 16.6. The number of anilines is 1. The molecule has 20 heavy (non-hydrogen) atoms. The number of para-hydroxylation sites is 1. The molecule has 1 unspecified atom stereocenters. The number of piperazine rings is 1. The highest BCUT2D eigenvalue weighted by Gasteiger charge is 2.22. The molecule has 1 amide bonds. The number of rotatable bonds is 4. The highest BCUT2D eigenvalue weighted by Crippen LogP contribution is 2.11. The van der Waals surface area contributed by atoms with Crippen molar-refractivity contribution in [3.63, 3.8) is 0 Å². The fourth-order valence-corrected chi connectivity index (χ4v) is 2.48. The van der Waals surface area contributed by atoms with Crippen LogP contribution in [0.15, 0.2) is 24.3 Å². The second-order valence-corrected chi connectivity index (χ2v) is 5.58. The third-order valence-electron chi connectivity index (χ3n) is 3.92. The number of carbonyl (C=O) groups excluding carboxylic acids is 1. The fourth-order valence-electron chi connectivity index (χ4n) is 2.48. The van der Waals surface area contributed by atoms with Crippen LogP contribution in [0.2, 0.25) is 0 Å². The quantitative estimate of drug-likeness (QED) is 0.770. The molecule has 1 atom stereocenters. The van der Waals surface area contributed by atoms with E-state index in [1.54, 1.807) is 0 Å². The van der Waals surface area contributed by atoms with Crippen molar-refractivity contribution in [3.05, 3.63) is 29.8 Å². The molecule has 0 radical (unpaired) electrons. The van der Waals surface area contributed by atoms with Gasteiger partial charge in [-0.2, -0.15) is 0 Å². The van der Waals surface area contributed by atoms with E-state index in [1.165, 1.54) is 0 Å². The van der Waals surface area contributed by atoms with Crippen molar-refractivity contribution in [2.45, 2.75) is 12.5 Å². The zero-order valence-corrected chi connectivity index (χ0v) is 12.3. The molecular formula is C15H24N4O. The molecule has 1 aliphatic heterocycles. The highest BCUT2D eigenvalue weighted by atomic mass is 16.1. The summed E-state index contributed by atoms with van der Waals surface area (Å²) in [5.74, 6) is 0.0320. The van der Waals surface area contributed by atoms with E-state index in [9.17, 15) is 4.79 Å². The van der Waals surface area contributed by atoms with Gasteiger partial charge in [0, 0.05) is 37.9 Å². The van der Waals surface area contributed by atoms with Crippen LogP contribution in [0.4, 0.5) is 5.69 Å². The van der Waals surface area contributed by atoms with Gasteiger partial charge >= 0.3 is 0 Å². The first-order chi connectivity index (χ1) is 9.56. The molecule has 0 aromatic heterocycles. The third-order valence-corrected chi connectivity index (χ3v) is 3.92. The van der Waals surface area contributed by atoms with E-state index in [4.69, 9.17) is 5.73 Å². The van der Waals surface area contributed by atoms with E-state index in [-0.39, 0.29) is 5.91 Å². The highest BCUT2D eigenvalue weighted by molar-refractivity contribution is 5.80. The van der Waals surface area contributed by atoms with Gasteiger partial charge in [0.05, 0.1) is 6.42 Å². The monoisotopic (exact) mass is 276 g/mol. The standard InChI is InChI=1S/C15H24N4O/c1-18-7-8-19(2)13(11-18)10-17-15(20)9-12-5-3-4-6-14(12)16/h3-6,13H,7-11,16H2,1-2H3,(H,17,20). The number of nitrogens with one attached hydrogen (secondary N) is 1. The number of nitrogens with zero attached hydrogens (tertiary/aromatic N) is 2. The number of carbonyl (C=O) groups is 1. The van der Waals surface area contributed by atoms with Crippen LogP contribution < -0.4 is 11.1 Å². The predicted octanol–water partition coefficient (Wildman–Crippen LogP) is 0.173. The van der Waals surface area contributed by atoms with E-state index >= 15 is 0 Å². The number of hydrogen-bond donors (Lipinski definition) is 2. The smallest absolute Gasteiger partial charge is 0.224 e. The van der Waals surface area contributed by atoms with Gasteiger partial charge in [-0.15, -0.1) is 0 Å². The molecule has 1 heterocycles. The Kier molecular flexibility index (Phi) is 4.98. The van der Waals surface area contributed by atoms with Gasteiger partial charge in [0.1, 0.15) is 0 Å². The molecular weight excluding hydrogens is 252 g/mol. The lowest BCUT2D eigenvalue weighted by Crippen LogP contribution is -2.54. The Hall–Kier alpha value is -1.59. The molecule has 0 bridgehead atoms. The fraction of sp³-hybridized carbons (Fsp3) is 0.533. The first-order valence-corrected chi connectivity index (χ1v) is 7.05. The number of amides is 1. The number of nitrogens with two attached hydrogens (primary N) is 1. The van der Waals surface area contributed by atoms with Crippen LogP contribution in [-0.4, -0.2) is 62.0 Å². The van der Waals surface area contributed by atoms with Crippen LogP contribution in [0.3, 0.4) is 0 Å². The lowest BCUT2D eigenvalue weighted by atomic mass is 10.1. The normalized spacial score (nSPS) is 20.8. The summed E-state index contributed by atoms with van der Waals surface area (Å²) in [6.07, 6.45) is 0.346. The molecule has 3 N–H and O–H groups in total. The van der Waals surface area contributed by atoms with E-state index in [0.29, 0.717) is 24.7 Å². The molecule has 1 aromatic carbocycles. The number of likely N-dealkylation sites (N-methyl/N-ethyl adjacent to an activating group) is 2. The Morgan fingerprint density at radius 3 is 2.85 bits per heavy atom. The first kappa shape index (κ1) is 14.8. The second kappa shape index (κ2) is 6.72. The molecule has 1 aromatic rings. The van der Waals surface area contributed by atoms with Gasteiger partial charge < -0.3 is 16.0 Å². The molecule has 5 heteroatoms. The predicted molar refractivity (Wildman–Crippen MR) is 81.5 cm³/mol. The van der Waals surface area contributed by atoms with Gasteiger partial charge in [0.2, 0.25) is 5.91 Å². The molecule has 1 fully saturated rings. The average molecular weight is 276 g/mol. The van der Waals surface area contributed by atoms with Gasteiger partial charge in [-0.25, -0.2) is 0 Å². The van der Waals surface area contributed by atoms with Crippen molar-refractivity contribution < 1.29 is 4.79 Å². The summed E-state index contributed by atoms with van der Waals surface area (Å²) in [7, 11) is 4.23. The van der Waals surface area contributed by atoms with Gasteiger partial charge in [0.25, 0.3) is 0 Å². The molecule has 5 nitrogen and oxygen atoms in total. The molecule has 2 rings (SSSR count). The van der Waals surface area contributed by atoms with Gasteiger partial charge in [0.15, 0.2) is 0 Å².